The van der Waals surface area contributed by atoms with Gasteiger partial charge in [0.05, 0.1) is 23.2 Å². The molecule has 3 aromatic carbocycles. The van der Waals surface area contributed by atoms with Gasteiger partial charge in [0, 0.05) is 32.8 Å². The first-order chi connectivity index (χ1) is 19.0. The Balaban J connectivity index is 1.67. The molecule has 4 nitrogen and oxygen atoms in total. The average Bonchev–Trinajstić information content (AvgIpc) is 2.89. The number of nitriles is 1. The van der Waals surface area contributed by atoms with Crippen molar-refractivity contribution in [2.75, 3.05) is 4.90 Å². The first-order valence-corrected chi connectivity index (χ1v) is 15.3. The number of hydrogen-bond donors (Lipinski definition) is 1. The average molecular weight is 613 g/mol. The van der Waals surface area contributed by atoms with E-state index in [9.17, 15) is 10.1 Å². The van der Waals surface area contributed by atoms with Gasteiger partial charge in [-0.15, -0.1) is 11.8 Å². The highest BCUT2D eigenvalue weighted by Crippen LogP contribution is 2.51. The zero-order chi connectivity index (χ0) is 28.8. The number of carbonyl (C=O) groups is 1. The van der Waals surface area contributed by atoms with Crippen LogP contribution < -0.4 is 10.6 Å². The monoisotopic (exact) mass is 611 g/mol. The summed E-state index contributed by atoms with van der Waals surface area (Å²) < 4.78 is 0.860. The number of nitrogens with zero attached hydrogens (tertiary/aromatic N) is 2. The standard InChI is InChI=1S/C34H34BrN3OS/c1-20-10-12-24(13-11-20)40-19-23-14-21(2)15-25(22(23)3)31-26(18-36)33(37)38(28-9-7-6-8-27(28)35)29-16-34(4,5)17-30(39)32(29)31/h6-15,31H,16-17,19,37H2,1-5H3. The van der Waals surface area contributed by atoms with Crippen molar-refractivity contribution in [1.82, 2.24) is 0 Å². The summed E-state index contributed by atoms with van der Waals surface area (Å²) in [6.45, 7) is 10.5. The molecule has 1 heterocycles. The molecular weight excluding hydrogens is 578 g/mol. The molecule has 1 atom stereocenters. The van der Waals surface area contributed by atoms with Crippen molar-refractivity contribution in [3.05, 3.63) is 116 Å². The predicted molar refractivity (Wildman–Crippen MR) is 168 cm³/mol. The van der Waals surface area contributed by atoms with Gasteiger partial charge in [-0.3, -0.25) is 9.69 Å². The number of Topliss-reactive ketones (excluding diaryl/α,β-unsaturated/α-hetero) is 1. The summed E-state index contributed by atoms with van der Waals surface area (Å²) in [5.41, 5.74) is 15.2. The van der Waals surface area contributed by atoms with E-state index in [2.05, 4.69) is 93.0 Å². The fraction of sp³-hybridized carbons (Fsp3) is 0.294. The van der Waals surface area contributed by atoms with Gasteiger partial charge in [0.25, 0.3) is 0 Å². The van der Waals surface area contributed by atoms with Crippen LogP contribution >= 0.6 is 27.7 Å². The molecule has 0 radical (unpaired) electrons. The van der Waals surface area contributed by atoms with Crippen LogP contribution in [-0.4, -0.2) is 5.78 Å². The van der Waals surface area contributed by atoms with Crippen LogP contribution in [-0.2, 0) is 10.5 Å². The summed E-state index contributed by atoms with van der Waals surface area (Å²) in [6.07, 6.45) is 1.12. The van der Waals surface area contributed by atoms with Crippen LogP contribution in [0.3, 0.4) is 0 Å². The maximum atomic E-state index is 14.0. The number of rotatable bonds is 5. The molecule has 0 fully saturated rings. The minimum absolute atomic E-state index is 0.0880. The zero-order valence-corrected chi connectivity index (χ0v) is 26.0. The van der Waals surface area contributed by atoms with E-state index in [4.69, 9.17) is 5.73 Å². The number of thioether (sulfide) groups is 1. The molecule has 2 N–H and O–H groups in total. The quantitative estimate of drug-likeness (QED) is 0.292. The van der Waals surface area contributed by atoms with E-state index in [1.807, 2.05) is 29.2 Å². The van der Waals surface area contributed by atoms with Crippen LogP contribution in [0.5, 0.6) is 0 Å². The van der Waals surface area contributed by atoms with E-state index in [0.29, 0.717) is 29.8 Å². The third kappa shape index (κ3) is 5.25. The first-order valence-electron chi connectivity index (χ1n) is 13.5. The Hall–Kier alpha value is -3.27. The fourth-order valence-electron chi connectivity index (χ4n) is 5.94. The topological polar surface area (TPSA) is 70.1 Å². The molecule has 3 aromatic rings. The molecule has 204 valence electrons. The Bertz CT molecular complexity index is 1610. The van der Waals surface area contributed by atoms with Crippen LogP contribution in [0.15, 0.2) is 92.7 Å². The third-order valence-electron chi connectivity index (χ3n) is 7.90. The van der Waals surface area contributed by atoms with Gasteiger partial charge in [0.1, 0.15) is 5.82 Å². The summed E-state index contributed by atoms with van der Waals surface area (Å²) in [7, 11) is 0. The second-order valence-corrected chi connectivity index (χ2v) is 13.6. The summed E-state index contributed by atoms with van der Waals surface area (Å²) in [6, 6.07) is 23.2. The van der Waals surface area contributed by atoms with E-state index in [1.54, 1.807) is 11.8 Å². The highest BCUT2D eigenvalue weighted by atomic mass is 79.9. The maximum Gasteiger partial charge on any atom is 0.162 e. The number of allylic oxidation sites excluding steroid dienone is 3. The number of nitrogens with two attached hydrogens (primary N) is 1. The van der Waals surface area contributed by atoms with Crippen molar-refractivity contribution < 1.29 is 4.79 Å². The Labute approximate surface area is 250 Å². The molecule has 1 unspecified atom stereocenters. The Morgan fingerprint density at radius 2 is 1.75 bits per heavy atom. The fourth-order valence-corrected chi connectivity index (χ4v) is 7.35. The van der Waals surface area contributed by atoms with Crippen molar-refractivity contribution in [3.63, 3.8) is 0 Å². The SMILES string of the molecule is Cc1ccc(SCc2cc(C)cc(C3C(C#N)=C(N)N(c4ccccc4Br)C4=C3C(=O)CC(C)(C)C4)c2C)cc1. The van der Waals surface area contributed by atoms with Crippen molar-refractivity contribution in [1.29, 1.82) is 5.26 Å². The molecule has 0 spiro atoms. The number of halogens is 1. The van der Waals surface area contributed by atoms with Gasteiger partial charge >= 0.3 is 0 Å². The van der Waals surface area contributed by atoms with Crippen molar-refractivity contribution in [2.24, 2.45) is 11.1 Å². The lowest BCUT2D eigenvalue weighted by Crippen LogP contribution is -2.42. The minimum atomic E-state index is -0.495. The van der Waals surface area contributed by atoms with E-state index in [0.717, 1.165) is 38.3 Å². The van der Waals surface area contributed by atoms with Gasteiger partial charge in [0.15, 0.2) is 5.78 Å². The Kier molecular flexibility index (Phi) is 7.74. The maximum absolute atomic E-state index is 14.0. The smallest absolute Gasteiger partial charge is 0.162 e. The molecule has 1 aliphatic heterocycles. The molecule has 1 aliphatic carbocycles. The largest absolute Gasteiger partial charge is 0.384 e. The van der Waals surface area contributed by atoms with E-state index >= 15 is 0 Å². The number of aryl methyl sites for hydroxylation is 2. The zero-order valence-electron chi connectivity index (χ0n) is 23.6. The number of hydrogen-bond acceptors (Lipinski definition) is 5. The van der Waals surface area contributed by atoms with Crippen LogP contribution in [0.2, 0.25) is 0 Å². The van der Waals surface area contributed by atoms with Gasteiger partial charge in [-0.05, 0) is 89.5 Å². The lowest BCUT2D eigenvalue weighted by atomic mass is 9.68. The van der Waals surface area contributed by atoms with Crippen LogP contribution in [0.4, 0.5) is 5.69 Å². The first kappa shape index (κ1) is 28.3. The molecule has 0 saturated heterocycles. The van der Waals surface area contributed by atoms with Gasteiger partial charge in [-0.1, -0.05) is 61.4 Å². The van der Waals surface area contributed by atoms with Gasteiger partial charge in [-0.25, -0.2) is 0 Å². The molecule has 0 aromatic heterocycles. The molecule has 0 bridgehead atoms. The lowest BCUT2D eigenvalue weighted by Gasteiger charge is -2.44. The Morgan fingerprint density at radius 3 is 2.42 bits per heavy atom. The molecule has 0 saturated carbocycles. The van der Waals surface area contributed by atoms with E-state index < -0.39 is 5.92 Å². The second-order valence-electron chi connectivity index (χ2n) is 11.7. The highest BCUT2D eigenvalue weighted by molar-refractivity contribution is 9.10. The van der Waals surface area contributed by atoms with E-state index in [1.165, 1.54) is 16.0 Å². The molecule has 40 heavy (non-hydrogen) atoms. The van der Waals surface area contributed by atoms with E-state index in [-0.39, 0.29) is 11.2 Å². The van der Waals surface area contributed by atoms with Crippen molar-refractivity contribution in [2.45, 2.75) is 64.0 Å². The normalized spacial score (nSPS) is 18.6. The molecule has 6 heteroatoms. The van der Waals surface area contributed by atoms with Gasteiger partial charge in [0.2, 0.25) is 0 Å². The number of para-hydroxylation sites is 1. The minimum Gasteiger partial charge on any atom is -0.384 e. The molecule has 2 aliphatic rings. The second kappa shape index (κ2) is 11.0. The summed E-state index contributed by atoms with van der Waals surface area (Å²) >= 11 is 5.48. The highest BCUT2D eigenvalue weighted by Gasteiger charge is 2.45. The van der Waals surface area contributed by atoms with Crippen LogP contribution in [0, 0.1) is 37.5 Å². The molecular formula is C34H34BrN3OS. The Morgan fingerprint density at radius 1 is 1.05 bits per heavy atom. The number of carbonyl (C=O) groups excluding carboxylic acids is 1. The van der Waals surface area contributed by atoms with Crippen molar-refractivity contribution in [3.8, 4) is 6.07 Å². The van der Waals surface area contributed by atoms with Crippen molar-refractivity contribution >= 4 is 39.2 Å². The predicted octanol–water partition coefficient (Wildman–Crippen LogP) is 8.61. The number of ketones is 1. The summed E-state index contributed by atoms with van der Waals surface area (Å²) in [5.74, 6) is 0.781. The number of benzene rings is 3. The molecule has 0 amide bonds. The van der Waals surface area contributed by atoms with Crippen LogP contribution in [0.1, 0.15) is 60.4 Å². The number of anilines is 1. The van der Waals surface area contributed by atoms with Crippen LogP contribution in [0.25, 0.3) is 0 Å². The lowest BCUT2D eigenvalue weighted by molar-refractivity contribution is -0.118. The summed E-state index contributed by atoms with van der Waals surface area (Å²) in [4.78, 5) is 17.2. The third-order valence-corrected chi connectivity index (χ3v) is 9.63. The molecule has 5 rings (SSSR count). The summed E-state index contributed by atoms with van der Waals surface area (Å²) in [5, 5.41) is 10.5. The van der Waals surface area contributed by atoms with Gasteiger partial charge in [-0.2, -0.15) is 5.26 Å². The van der Waals surface area contributed by atoms with Gasteiger partial charge < -0.3 is 5.73 Å².